The molecule has 2 amide bonds. The van der Waals surface area contributed by atoms with E-state index in [2.05, 4.69) is 27.8 Å². The van der Waals surface area contributed by atoms with Crippen LogP contribution in [0.1, 0.15) is 38.5 Å². The largest absolute Gasteiger partial charge is 0.378 e. The van der Waals surface area contributed by atoms with Gasteiger partial charge in [0.1, 0.15) is 0 Å². The molecule has 4 aliphatic rings. The van der Waals surface area contributed by atoms with Gasteiger partial charge in [0.25, 0.3) is 0 Å². The summed E-state index contributed by atoms with van der Waals surface area (Å²) < 4.78 is 5.86. The maximum Gasteiger partial charge on any atom is 0.233 e. The van der Waals surface area contributed by atoms with E-state index in [4.69, 9.17) is 4.74 Å². The monoisotopic (exact) mass is 516 g/mol. The number of carbonyl (C=O) groups excluding carboxylic acids is 2. The molecule has 162 valence electrons. The van der Waals surface area contributed by atoms with Crippen molar-refractivity contribution in [3.63, 3.8) is 0 Å². The third kappa shape index (κ3) is 4.78. The second-order valence-electron chi connectivity index (χ2n) is 8.38. The third-order valence-electron chi connectivity index (χ3n) is 6.68. The van der Waals surface area contributed by atoms with Crippen LogP contribution in [0.15, 0.2) is 17.1 Å². The van der Waals surface area contributed by atoms with Gasteiger partial charge < -0.3 is 15.4 Å². The third-order valence-corrected chi connectivity index (χ3v) is 6.68. The fourth-order valence-electron chi connectivity index (χ4n) is 5.28. The molecule has 1 saturated heterocycles. The van der Waals surface area contributed by atoms with Gasteiger partial charge in [-0.3, -0.25) is 19.5 Å². The van der Waals surface area contributed by atoms with Crippen LogP contribution in [-0.4, -0.2) is 62.1 Å². The smallest absolute Gasteiger partial charge is 0.233 e. The van der Waals surface area contributed by atoms with Gasteiger partial charge >= 0.3 is 0 Å². The second kappa shape index (κ2) is 10.2. The highest BCUT2D eigenvalue weighted by Gasteiger charge is 2.58. The average Bonchev–Trinajstić information content (AvgIpc) is 3.47. The fraction of sp³-hybridized carbons (Fsp3) is 0.762. The van der Waals surface area contributed by atoms with E-state index in [0.29, 0.717) is 25.2 Å². The molecule has 7 nitrogen and oxygen atoms in total. The molecule has 0 spiro atoms. The van der Waals surface area contributed by atoms with Crippen LogP contribution < -0.4 is 10.6 Å². The number of hydrogen-bond acceptors (Lipinski definition) is 4. The van der Waals surface area contributed by atoms with Gasteiger partial charge in [-0.1, -0.05) is 25.0 Å². The Morgan fingerprint density at radius 1 is 1.10 bits per heavy atom. The summed E-state index contributed by atoms with van der Waals surface area (Å²) in [6, 6.07) is 0. The van der Waals surface area contributed by atoms with Crippen molar-refractivity contribution in [2.75, 3.05) is 33.3 Å². The first kappa shape index (κ1) is 22.5. The number of guanidine groups is 1. The minimum atomic E-state index is -0.111. The molecule has 0 aromatic rings. The van der Waals surface area contributed by atoms with E-state index >= 15 is 0 Å². The number of hydrogen-bond donors (Lipinski definition) is 2. The van der Waals surface area contributed by atoms with Crippen molar-refractivity contribution in [1.82, 2.24) is 15.5 Å². The van der Waals surface area contributed by atoms with E-state index in [9.17, 15) is 9.59 Å². The first-order valence-corrected chi connectivity index (χ1v) is 10.8. The highest BCUT2D eigenvalue weighted by atomic mass is 127. The van der Waals surface area contributed by atoms with Crippen molar-refractivity contribution < 1.29 is 14.3 Å². The number of halogens is 1. The first-order chi connectivity index (χ1) is 13.7. The Morgan fingerprint density at radius 3 is 2.34 bits per heavy atom. The lowest BCUT2D eigenvalue weighted by atomic mass is 9.85. The van der Waals surface area contributed by atoms with Crippen LogP contribution in [0.3, 0.4) is 0 Å². The number of nitrogens with zero attached hydrogens (tertiary/aromatic N) is 2. The number of ether oxygens (including phenoxy) is 1. The van der Waals surface area contributed by atoms with E-state index in [0.717, 1.165) is 26.0 Å². The van der Waals surface area contributed by atoms with Crippen molar-refractivity contribution in [3.8, 4) is 0 Å². The zero-order chi connectivity index (χ0) is 19.5. The van der Waals surface area contributed by atoms with Gasteiger partial charge in [0.15, 0.2) is 5.96 Å². The molecule has 0 aromatic heterocycles. The zero-order valence-electron chi connectivity index (χ0n) is 17.1. The average molecular weight is 516 g/mol. The molecule has 4 rings (SSSR count). The Balaban J connectivity index is 0.00000240. The number of rotatable bonds is 8. The Kier molecular flexibility index (Phi) is 7.95. The molecule has 29 heavy (non-hydrogen) atoms. The lowest BCUT2D eigenvalue weighted by Crippen LogP contribution is -2.44. The van der Waals surface area contributed by atoms with Gasteiger partial charge in [-0.15, -0.1) is 24.0 Å². The summed E-state index contributed by atoms with van der Waals surface area (Å²) >= 11 is 0. The predicted molar refractivity (Wildman–Crippen MR) is 122 cm³/mol. The first-order valence-electron chi connectivity index (χ1n) is 10.8. The Morgan fingerprint density at radius 2 is 1.72 bits per heavy atom. The summed E-state index contributed by atoms with van der Waals surface area (Å²) in [5, 5.41) is 6.48. The summed E-state index contributed by atoms with van der Waals surface area (Å²) in [5.41, 5.74) is 0. The molecule has 1 heterocycles. The molecular formula is C21H33IN4O3. The number of carbonyl (C=O) groups is 2. The van der Waals surface area contributed by atoms with Gasteiger partial charge in [0, 0.05) is 33.3 Å². The van der Waals surface area contributed by atoms with Crippen LogP contribution in [-0.2, 0) is 14.3 Å². The van der Waals surface area contributed by atoms with Gasteiger partial charge in [0.2, 0.25) is 11.8 Å². The quantitative estimate of drug-likeness (QED) is 0.129. The summed E-state index contributed by atoms with van der Waals surface area (Å²) in [6.07, 6.45) is 11.6. The summed E-state index contributed by atoms with van der Waals surface area (Å²) in [5.74, 6) is 1.04. The molecule has 3 aliphatic carbocycles. The van der Waals surface area contributed by atoms with E-state index in [-0.39, 0.29) is 59.5 Å². The molecule has 0 radical (unpaired) electrons. The van der Waals surface area contributed by atoms with Crippen LogP contribution in [0.4, 0.5) is 0 Å². The van der Waals surface area contributed by atoms with Gasteiger partial charge in [-0.25, -0.2) is 0 Å². The maximum atomic E-state index is 12.7. The Labute approximate surface area is 190 Å². The van der Waals surface area contributed by atoms with Crippen LogP contribution in [0.5, 0.6) is 0 Å². The number of likely N-dealkylation sites (tertiary alicyclic amines) is 1. The number of aliphatic imine (C=N–C) groups is 1. The highest BCUT2D eigenvalue weighted by molar-refractivity contribution is 14.0. The Bertz CT molecular complexity index is 632. The van der Waals surface area contributed by atoms with Crippen molar-refractivity contribution in [1.29, 1.82) is 0 Å². The fourth-order valence-corrected chi connectivity index (χ4v) is 5.28. The van der Waals surface area contributed by atoms with E-state index in [1.54, 1.807) is 7.05 Å². The van der Waals surface area contributed by atoms with Crippen LogP contribution in [0, 0.1) is 23.7 Å². The van der Waals surface area contributed by atoms with Gasteiger partial charge in [-0.05, 0) is 37.5 Å². The molecule has 2 bridgehead atoms. The predicted octanol–water partition coefficient (Wildman–Crippen LogP) is 1.93. The molecule has 2 saturated carbocycles. The molecule has 0 aromatic carbocycles. The maximum absolute atomic E-state index is 12.7. The van der Waals surface area contributed by atoms with Crippen LogP contribution >= 0.6 is 24.0 Å². The van der Waals surface area contributed by atoms with E-state index in [1.165, 1.54) is 30.6 Å². The van der Waals surface area contributed by atoms with Crippen molar-refractivity contribution in [2.45, 2.75) is 44.6 Å². The molecular weight excluding hydrogens is 483 g/mol. The molecule has 8 heteroatoms. The van der Waals surface area contributed by atoms with Crippen LogP contribution in [0.2, 0.25) is 0 Å². The summed E-state index contributed by atoms with van der Waals surface area (Å²) in [4.78, 5) is 31.0. The van der Waals surface area contributed by atoms with E-state index in [1.807, 2.05) is 0 Å². The van der Waals surface area contributed by atoms with E-state index < -0.39 is 0 Å². The number of imide groups is 1. The zero-order valence-corrected chi connectivity index (χ0v) is 19.5. The molecule has 4 atom stereocenters. The number of amides is 2. The molecule has 3 fully saturated rings. The topological polar surface area (TPSA) is 83.0 Å². The van der Waals surface area contributed by atoms with Crippen molar-refractivity contribution in [2.24, 2.45) is 28.7 Å². The summed E-state index contributed by atoms with van der Waals surface area (Å²) in [7, 11) is 1.73. The number of nitrogens with one attached hydrogen (secondary N) is 2. The lowest BCUT2D eigenvalue weighted by Gasteiger charge is -2.18. The highest BCUT2D eigenvalue weighted by Crippen LogP contribution is 2.52. The normalized spacial score (nSPS) is 30.8. The standard InChI is InChI=1S/C21H32N4O3.HI/c1-22-21(23-9-4-12-28-16-5-2-3-6-16)24-10-11-25-19(26)17-14-7-8-15(13-14)18(17)20(25)27;/h7-8,14-18H,2-6,9-13H2,1H3,(H2,22,23,24);1H. The lowest BCUT2D eigenvalue weighted by molar-refractivity contribution is -0.140. The molecule has 2 N–H and O–H groups in total. The second-order valence-corrected chi connectivity index (χ2v) is 8.38. The SMILES string of the molecule is CN=C(NCCCOC1CCCC1)NCCN1C(=O)C2C3C=CC(C3)C2C1=O.I. The molecule has 4 unspecified atom stereocenters. The number of fused-ring (bicyclic) bond motifs is 5. The minimum absolute atomic E-state index is 0. The minimum Gasteiger partial charge on any atom is -0.378 e. The molecule has 1 aliphatic heterocycles. The van der Waals surface area contributed by atoms with Crippen molar-refractivity contribution in [3.05, 3.63) is 12.2 Å². The van der Waals surface area contributed by atoms with Crippen LogP contribution in [0.25, 0.3) is 0 Å². The van der Waals surface area contributed by atoms with Crippen molar-refractivity contribution >= 4 is 41.8 Å². The Hall–Kier alpha value is -1.16. The number of allylic oxidation sites excluding steroid dienone is 2. The summed E-state index contributed by atoms with van der Waals surface area (Å²) in [6.45, 7) is 2.46. The van der Waals surface area contributed by atoms with Gasteiger partial charge in [0.05, 0.1) is 17.9 Å². The van der Waals surface area contributed by atoms with Gasteiger partial charge in [-0.2, -0.15) is 0 Å².